The maximum atomic E-state index is 13.5. The van der Waals surface area contributed by atoms with Crippen LogP contribution in [0.2, 0.25) is 0 Å². The second-order valence-corrected chi connectivity index (χ2v) is 11.2. The molecular weight excluding hydrogens is 452 g/mol. The highest BCUT2D eigenvalue weighted by molar-refractivity contribution is 5.90. The molecule has 2 heterocycles. The molecule has 0 bridgehead atoms. The Morgan fingerprint density at radius 2 is 1.66 bits per heavy atom. The fraction of sp³-hybridized carbons (Fsp3) is 0.556. The van der Waals surface area contributed by atoms with E-state index >= 15 is 0 Å². The molecule has 2 aromatic rings. The summed E-state index contributed by atoms with van der Waals surface area (Å²) in [6.45, 7) is 6.68. The maximum Gasteiger partial charge on any atom is 0.343 e. The van der Waals surface area contributed by atoms with Crippen molar-refractivity contribution < 1.29 is 34.0 Å². The van der Waals surface area contributed by atoms with Crippen molar-refractivity contribution in [1.82, 2.24) is 0 Å². The zero-order valence-corrected chi connectivity index (χ0v) is 20.7. The minimum Gasteiger partial charge on any atom is -0.497 e. The van der Waals surface area contributed by atoms with E-state index in [2.05, 4.69) is 0 Å². The molecule has 0 radical (unpaired) electrons. The third-order valence-electron chi connectivity index (χ3n) is 9.48. The molecule has 188 valence electrons. The van der Waals surface area contributed by atoms with Gasteiger partial charge >= 0.3 is 5.63 Å². The summed E-state index contributed by atoms with van der Waals surface area (Å²) in [6.07, 6.45) is -1.13. The minimum atomic E-state index is -1.91. The Morgan fingerprint density at radius 1 is 1.00 bits per heavy atom. The standard InChI is InChI=1S/C27H32O8/c1-23(2)20(28)13-21(29)25(4)26(23,31)11-10-24(3)27(25,32)14-17-19(35-24)12-18(34-22(17)30)15-6-8-16(33-5)9-7-15/h6-9,12,20,28,31-32H,10-11,13-14H2,1-5H3/t20-,24-,25+,26-,27-/m1/s1. The van der Waals surface area contributed by atoms with Gasteiger partial charge in [-0.15, -0.1) is 0 Å². The van der Waals surface area contributed by atoms with Gasteiger partial charge in [-0.2, -0.15) is 0 Å². The molecule has 2 aliphatic carbocycles. The fourth-order valence-electron chi connectivity index (χ4n) is 6.73. The van der Waals surface area contributed by atoms with Crippen molar-refractivity contribution in [2.24, 2.45) is 10.8 Å². The molecule has 0 spiro atoms. The van der Waals surface area contributed by atoms with Gasteiger partial charge in [0.15, 0.2) is 0 Å². The molecule has 35 heavy (non-hydrogen) atoms. The first-order chi connectivity index (χ1) is 16.2. The highest BCUT2D eigenvalue weighted by Gasteiger charge is 2.79. The van der Waals surface area contributed by atoms with Gasteiger partial charge in [0.2, 0.25) is 0 Å². The largest absolute Gasteiger partial charge is 0.497 e. The monoisotopic (exact) mass is 484 g/mol. The SMILES string of the molecule is COc1ccc(-c2cc3c(c(=O)o2)C[C@]2(O)[C@@]4(C)C(=O)C[C@@H](O)C(C)(C)[C@]4(O)CC[C@@]2(C)O3)cc1. The van der Waals surface area contributed by atoms with Crippen molar-refractivity contribution in [3.8, 4) is 22.8 Å². The van der Waals surface area contributed by atoms with E-state index in [1.807, 2.05) is 0 Å². The number of hydrogen-bond donors (Lipinski definition) is 3. The second kappa shape index (κ2) is 7.18. The quantitative estimate of drug-likeness (QED) is 0.594. The van der Waals surface area contributed by atoms with Gasteiger partial charge < -0.3 is 29.2 Å². The Bertz CT molecular complexity index is 1260. The van der Waals surface area contributed by atoms with Crippen LogP contribution in [0.1, 0.15) is 52.5 Å². The summed E-state index contributed by atoms with van der Waals surface area (Å²) >= 11 is 0. The molecule has 3 N–H and O–H groups in total. The van der Waals surface area contributed by atoms with Crippen LogP contribution in [0.4, 0.5) is 0 Å². The molecule has 3 aliphatic rings. The number of aliphatic hydroxyl groups is 3. The predicted octanol–water partition coefficient (Wildman–Crippen LogP) is 2.63. The van der Waals surface area contributed by atoms with Crippen molar-refractivity contribution in [2.45, 2.75) is 76.3 Å². The third kappa shape index (κ3) is 2.79. The van der Waals surface area contributed by atoms with E-state index in [0.29, 0.717) is 17.1 Å². The number of hydrogen-bond acceptors (Lipinski definition) is 8. The Hall–Kier alpha value is -2.68. The van der Waals surface area contributed by atoms with Crippen molar-refractivity contribution in [1.29, 1.82) is 0 Å². The average molecular weight is 485 g/mol. The molecule has 1 aliphatic heterocycles. The molecule has 5 rings (SSSR count). The molecule has 0 amide bonds. The zero-order chi connectivity index (χ0) is 25.6. The van der Waals surface area contributed by atoms with Gasteiger partial charge in [-0.25, -0.2) is 4.79 Å². The topological polar surface area (TPSA) is 126 Å². The summed E-state index contributed by atoms with van der Waals surface area (Å²) in [5, 5.41) is 35.0. The Balaban J connectivity index is 1.65. The van der Waals surface area contributed by atoms with Crippen LogP contribution < -0.4 is 15.1 Å². The lowest BCUT2D eigenvalue weighted by molar-refractivity contribution is -0.321. The van der Waals surface area contributed by atoms with Crippen LogP contribution in [0.5, 0.6) is 11.5 Å². The van der Waals surface area contributed by atoms with Crippen molar-refractivity contribution in [3.05, 3.63) is 46.3 Å². The summed E-state index contributed by atoms with van der Waals surface area (Å²) in [5.41, 5.74) is -7.56. The Morgan fingerprint density at radius 3 is 2.29 bits per heavy atom. The van der Waals surface area contributed by atoms with Crippen LogP contribution in [0.25, 0.3) is 11.3 Å². The minimum absolute atomic E-state index is 0.115. The number of fused-ring (bicyclic) bond motifs is 4. The Kier molecular flexibility index (Phi) is 4.93. The fourth-order valence-corrected chi connectivity index (χ4v) is 6.73. The van der Waals surface area contributed by atoms with Gasteiger partial charge in [0.1, 0.15) is 34.2 Å². The van der Waals surface area contributed by atoms with E-state index in [1.54, 1.807) is 65.1 Å². The number of carbonyl (C=O) groups excluding carboxylic acids is 1. The normalized spacial score (nSPS) is 37.5. The molecule has 1 aromatic heterocycles. The van der Waals surface area contributed by atoms with Crippen LogP contribution >= 0.6 is 0 Å². The maximum absolute atomic E-state index is 13.5. The number of benzene rings is 1. The molecule has 5 atom stereocenters. The number of ether oxygens (including phenoxy) is 2. The first-order valence-corrected chi connectivity index (χ1v) is 11.9. The molecule has 2 saturated carbocycles. The van der Waals surface area contributed by atoms with Crippen LogP contribution in [-0.2, 0) is 11.2 Å². The second-order valence-electron chi connectivity index (χ2n) is 11.2. The number of carbonyl (C=O) groups is 1. The number of ketones is 1. The molecule has 0 saturated heterocycles. The average Bonchev–Trinajstić information content (AvgIpc) is 2.81. The summed E-state index contributed by atoms with van der Waals surface area (Å²) in [5.74, 6) is 0.806. The van der Waals surface area contributed by atoms with Crippen LogP contribution in [0, 0.1) is 10.8 Å². The predicted molar refractivity (Wildman–Crippen MR) is 126 cm³/mol. The molecule has 8 nitrogen and oxygen atoms in total. The number of Topliss-reactive ketones (excluding diaryl/α,β-unsaturated/α-hetero) is 1. The van der Waals surface area contributed by atoms with E-state index in [1.165, 1.54) is 0 Å². The number of aliphatic hydroxyl groups excluding tert-OH is 1. The van der Waals surface area contributed by atoms with Crippen LogP contribution in [-0.4, -0.2) is 51.1 Å². The van der Waals surface area contributed by atoms with E-state index < -0.39 is 45.1 Å². The third-order valence-corrected chi connectivity index (χ3v) is 9.48. The molecule has 8 heteroatoms. The first-order valence-electron chi connectivity index (χ1n) is 11.9. The van der Waals surface area contributed by atoms with Gasteiger partial charge in [-0.05, 0) is 51.0 Å². The molecule has 0 unspecified atom stereocenters. The molecular formula is C27H32O8. The molecule has 2 fully saturated rings. The molecule has 1 aromatic carbocycles. The highest BCUT2D eigenvalue weighted by Crippen LogP contribution is 2.66. The van der Waals surface area contributed by atoms with E-state index in [-0.39, 0.29) is 37.0 Å². The van der Waals surface area contributed by atoms with Gasteiger partial charge in [-0.3, -0.25) is 4.79 Å². The summed E-state index contributed by atoms with van der Waals surface area (Å²) in [7, 11) is 1.56. The smallest absolute Gasteiger partial charge is 0.343 e. The zero-order valence-electron chi connectivity index (χ0n) is 20.7. The van der Waals surface area contributed by atoms with Crippen LogP contribution in [0.15, 0.2) is 39.5 Å². The lowest BCUT2D eigenvalue weighted by Gasteiger charge is -2.69. The highest BCUT2D eigenvalue weighted by atomic mass is 16.5. The first kappa shape index (κ1) is 24.0. The summed E-state index contributed by atoms with van der Waals surface area (Å²) in [6, 6.07) is 8.66. The summed E-state index contributed by atoms with van der Waals surface area (Å²) < 4.78 is 17.1. The van der Waals surface area contributed by atoms with Crippen molar-refractivity contribution >= 4 is 5.78 Å². The lowest BCUT2D eigenvalue weighted by atomic mass is 9.39. The number of methoxy groups -OCH3 is 1. The van der Waals surface area contributed by atoms with Crippen LogP contribution in [0.3, 0.4) is 0 Å². The van der Waals surface area contributed by atoms with Gasteiger partial charge in [0, 0.05) is 29.9 Å². The van der Waals surface area contributed by atoms with Gasteiger partial charge in [0.05, 0.1) is 29.8 Å². The lowest BCUT2D eigenvalue weighted by Crippen LogP contribution is -2.83. The Labute approximate surface area is 203 Å². The van der Waals surface area contributed by atoms with Crippen molar-refractivity contribution in [2.75, 3.05) is 7.11 Å². The van der Waals surface area contributed by atoms with Gasteiger partial charge in [-0.1, -0.05) is 13.8 Å². The van der Waals surface area contributed by atoms with E-state index in [9.17, 15) is 24.9 Å². The van der Waals surface area contributed by atoms with Crippen molar-refractivity contribution in [3.63, 3.8) is 0 Å². The van der Waals surface area contributed by atoms with E-state index in [0.717, 1.165) is 0 Å². The van der Waals surface area contributed by atoms with E-state index in [4.69, 9.17) is 13.9 Å². The van der Waals surface area contributed by atoms with Gasteiger partial charge in [0.25, 0.3) is 0 Å². The summed E-state index contributed by atoms with van der Waals surface area (Å²) in [4.78, 5) is 26.6. The number of rotatable bonds is 2.